The van der Waals surface area contributed by atoms with E-state index in [0.29, 0.717) is 13.1 Å². The molecule has 0 unspecified atom stereocenters. The molecule has 1 aromatic heterocycles. The highest BCUT2D eigenvalue weighted by Gasteiger charge is 2.18. The van der Waals surface area contributed by atoms with E-state index in [4.69, 9.17) is 23.2 Å². The third kappa shape index (κ3) is 3.58. The highest BCUT2D eigenvalue weighted by Crippen LogP contribution is 2.18. The van der Waals surface area contributed by atoms with Crippen LogP contribution in [0, 0.1) is 0 Å². The lowest BCUT2D eigenvalue weighted by atomic mass is 10.3. The molecule has 0 aliphatic rings. The van der Waals surface area contributed by atoms with Crippen LogP contribution in [-0.2, 0) is 0 Å². The zero-order valence-electron chi connectivity index (χ0n) is 9.20. The van der Waals surface area contributed by atoms with Crippen molar-refractivity contribution in [3.8, 4) is 0 Å². The standard InChI is InChI=1S/C12H12Cl2N2O/c1-3-7-16(8-4-2)12(17)11-9(13)5-6-10(14)15-11/h3-6H,1-2,7-8H2. The number of hydrogen-bond donors (Lipinski definition) is 0. The van der Waals surface area contributed by atoms with Crippen molar-refractivity contribution in [2.24, 2.45) is 0 Å². The molecule has 1 rings (SSSR count). The predicted molar refractivity (Wildman–Crippen MR) is 70.6 cm³/mol. The summed E-state index contributed by atoms with van der Waals surface area (Å²) in [5.74, 6) is -0.294. The van der Waals surface area contributed by atoms with Gasteiger partial charge in [0.15, 0.2) is 0 Å². The zero-order chi connectivity index (χ0) is 12.8. The van der Waals surface area contributed by atoms with E-state index in [2.05, 4.69) is 18.1 Å². The van der Waals surface area contributed by atoms with Gasteiger partial charge in [0.1, 0.15) is 10.8 Å². The summed E-state index contributed by atoms with van der Waals surface area (Å²) in [4.78, 5) is 17.6. The largest absolute Gasteiger partial charge is 0.330 e. The minimum Gasteiger partial charge on any atom is -0.330 e. The molecule has 90 valence electrons. The maximum Gasteiger partial charge on any atom is 0.274 e. The van der Waals surface area contributed by atoms with Gasteiger partial charge in [0, 0.05) is 13.1 Å². The quantitative estimate of drug-likeness (QED) is 0.608. The second kappa shape index (κ2) is 6.42. The predicted octanol–water partition coefficient (Wildman–Crippen LogP) is 3.20. The van der Waals surface area contributed by atoms with E-state index in [0.717, 1.165) is 0 Å². The van der Waals surface area contributed by atoms with Crippen LogP contribution >= 0.6 is 23.2 Å². The fourth-order valence-electron chi connectivity index (χ4n) is 1.27. The lowest BCUT2D eigenvalue weighted by Gasteiger charge is -2.19. The lowest BCUT2D eigenvalue weighted by Crippen LogP contribution is -2.32. The SMILES string of the molecule is C=CCN(CC=C)C(=O)c1nc(Cl)ccc1Cl. The Labute approximate surface area is 110 Å². The first kappa shape index (κ1) is 13.7. The average molecular weight is 271 g/mol. The van der Waals surface area contributed by atoms with Gasteiger partial charge in [0.2, 0.25) is 0 Å². The van der Waals surface area contributed by atoms with Crippen molar-refractivity contribution in [3.05, 3.63) is 53.3 Å². The molecule has 0 saturated heterocycles. The monoisotopic (exact) mass is 270 g/mol. The molecular formula is C12H12Cl2N2O. The summed E-state index contributed by atoms with van der Waals surface area (Å²) in [6.45, 7) is 7.98. The Bertz CT molecular complexity index is 436. The van der Waals surface area contributed by atoms with Gasteiger partial charge in [-0.05, 0) is 12.1 Å². The molecule has 1 amide bonds. The Balaban J connectivity index is 3.03. The van der Waals surface area contributed by atoms with Crippen LogP contribution in [0.4, 0.5) is 0 Å². The molecule has 0 aliphatic heterocycles. The molecule has 0 bridgehead atoms. The summed E-state index contributed by atoms with van der Waals surface area (Å²) in [5, 5.41) is 0.507. The van der Waals surface area contributed by atoms with E-state index in [9.17, 15) is 4.79 Å². The lowest BCUT2D eigenvalue weighted by molar-refractivity contribution is 0.0785. The van der Waals surface area contributed by atoms with Crippen molar-refractivity contribution in [2.45, 2.75) is 0 Å². The van der Waals surface area contributed by atoms with Gasteiger partial charge in [-0.25, -0.2) is 4.98 Å². The van der Waals surface area contributed by atoms with Crippen LogP contribution < -0.4 is 0 Å². The number of carbonyl (C=O) groups is 1. The summed E-state index contributed by atoms with van der Waals surface area (Å²) < 4.78 is 0. The smallest absolute Gasteiger partial charge is 0.274 e. The maximum atomic E-state index is 12.1. The first-order chi connectivity index (χ1) is 8.10. The highest BCUT2D eigenvalue weighted by molar-refractivity contribution is 6.34. The van der Waals surface area contributed by atoms with Crippen LogP contribution in [0.2, 0.25) is 10.2 Å². The van der Waals surface area contributed by atoms with E-state index in [1.807, 2.05) is 0 Å². The first-order valence-corrected chi connectivity index (χ1v) is 5.68. The summed E-state index contributed by atoms with van der Waals surface area (Å²) in [6, 6.07) is 3.08. The number of amides is 1. The number of halogens is 2. The number of aromatic nitrogens is 1. The van der Waals surface area contributed by atoms with Crippen molar-refractivity contribution < 1.29 is 4.79 Å². The van der Waals surface area contributed by atoms with Crippen molar-refractivity contribution in [3.63, 3.8) is 0 Å². The second-order valence-electron chi connectivity index (χ2n) is 3.25. The van der Waals surface area contributed by atoms with Gasteiger partial charge in [-0.3, -0.25) is 4.79 Å². The molecule has 0 aromatic carbocycles. The molecule has 5 heteroatoms. The Kier molecular flexibility index (Phi) is 5.19. The van der Waals surface area contributed by atoms with Crippen molar-refractivity contribution in [1.82, 2.24) is 9.88 Å². The summed E-state index contributed by atoms with van der Waals surface area (Å²) in [5.41, 5.74) is 0.142. The van der Waals surface area contributed by atoms with E-state index >= 15 is 0 Å². The van der Waals surface area contributed by atoms with Gasteiger partial charge in [0.05, 0.1) is 5.02 Å². The van der Waals surface area contributed by atoms with Crippen LogP contribution in [-0.4, -0.2) is 28.9 Å². The third-order valence-electron chi connectivity index (χ3n) is 2.00. The van der Waals surface area contributed by atoms with Crippen LogP contribution in [0.15, 0.2) is 37.4 Å². The molecule has 0 spiro atoms. The van der Waals surface area contributed by atoms with Gasteiger partial charge in [-0.1, -0.05) is 35.4 Å². The topological polar surface area (TPSA) is 33.2 Å². The second-order valence-corrected chi connectivity index (χ2v) is 4.05. The van der Waals surface area contributed by atoms with Gasteiger partial charge in [-0.15, -0.1) is 13.2 Å². The molecule has 17 heavy (non-hydrogen) atoms. The normalized spacial score (nSPS) is 9.76. The van der Waals surface area contributed by atoms with Crippen LogP contribution in [0.3, 0.4) is 0 Å². The minimum atomic E-state index is -0.294. The van der Waals surface area contributed by atoms with E-state index in [-0.39, 0.29) is 21.8 Å². The van der Waals surface area contributed by atoms with Gasteiger partial charge >= 0.3 is 0 Å². The molecule has 3 nitrogen and oxygen atoms in total. The van der Waals surface area contributed by atoms with Crippen molar-refractivity contribution >= 4 is 29.1 Å². The Morgan fingerprint density at radius 1 is 1.29 bits per heavy atom. The van der Waals surface area contributed by atoms with Crippen molar-refractivity contribution in [1.29, 1.82) is 0 Å². The molecule has 0 fully saturated rings. The minimum absolute atomic E-state index is 0.142. The fourth-order valence-corrected chi connectivity index (χ4v) is 1.60. The highest BCUT2D eigenvalue weighted by atomic mass is 35.5. The van der Waals surface area contributed by atoms with Crippen LogP contribution in [0.25, 0.3) is 0 Å². The summed E-state index contributed by atoms with van der Waals surface area (Å²) >= 11 is 11.7. The molecule has 1 aromatic rings. The zero-order valence-corrected chi connectivity index (χ0v) is 10.7. The van der Waals surface area contributed by atoms with Gasteiger partial charge in [-0.2, -0.15) is 0 Å². The molecule has 0 aliphatic carbocycles. The molecule has 0 N–H and O–H groups in total. The summed E-state index contributed by atoms with van der Waals surface area (Å²) in [7, 11) is 0. The number of carbonyl (C=O) groups excluding carboxylic acids is 1. The number of pyridine rings is 1. The van der Waals surface area contributed by atoms with Gasteiger partial charge in [0.25, 0.3) is 5.91 Å². The van der Waals surface area contributed by atoms with Crippen molar-refractivity contribution in [2.75, 3.05) is 13.1 Å². The Morgan fingerprint density at radius 2 is 1.88 bits per heavy atom. The third-order valence-corrected chi connectivity index (χ3v) is 2.52. The van der Waals surface area contributed by atoms with Gasteiger partial charge < -0.3 is 4.90 Å². The number of rotatable bonds is 5. The Hall–Kier alpha value is -1.32. The van der Waals surface area contributed by atoms with E-state index in [1.165, 1.54) is 11.0 Å². The Morgan fingerprint density at radius 3 is 2.41 bits per heavy atom. The number of hydrogen-bond acceptors (Lipinski definition) is 2. The first-order valence-electron chi connectivity index (χ1n) is 4.93. The molecule has 0 radical (unpaired) electrons. The molecular weight excluding hydrogens is 259 g/mol. The molecule has 0 atom stereocenters. The summed E-state index contributed by atoms with van der Waals surface area (Å²) in [6.07, 6.45) is 3.25. The maximum absolute atomic E-state index is 12.1. The van der Waals surface area contributed by atoms with E-state index < -0.39 is 0 Å². The molecule has 1 heterocycles. The average Bonchev–Trinajstić information content (AvgIpc) is 2.31. The van der Waals surface area contributed by atoms with Crippen LogP contribution in [0.1, 0.15) is 10.5 Å². The van der Waals surface area contributed by atoms with Crippen LogP contribution in [0.5, 0.6) is 0 Å². The van der Waals surface area contributed by atoms with E-state index in [1.54, 1.807) is 18.2 Å². The fraction of sp³-hybridized carbons (Fsp3) is 0.167. The number of nitrogens with zero attached hydrogens (tertiary/aromatic N) is 2. The molecule has 0 saturated carbocycles.